The number of fused-ring (bicyclic) bond motifs is 1. The van der Waals surface area contributed by atoms with Crippen molar-refractivity contribution in [1.29, 1.82) is 0 Å². The van der Waals surface area contributed by atoms with Crippen molar-refractivity contribution in [2.24, 2.45) is 0 Å². The van der Waals surface area contributed by atoms with E-state index in [0.717, 1.165) is 34.1 Å². The monoisotopic (exact) mass is 678 g/mol. The van der Waals surface area contributed by atoms with Gasteiger partial charge in [0.1, 0.15) is 0 Å². The van der Waals surface area contributed by atoms with Crippen LogP contribution in [0.4, 0.5) is 34.1 Å². The minimum absolute atomic E-state index is 0.239. The first kappa shape index (κ1) is 32.7. The van der Waals surface area contributed by atoms with Gasteiger partial charge in [0, 0.05) is 50.2 Å². The van der Waals surface area contributed by atoms with E-state index in [-0.39, 0.29) is 11.2 Å². The zero-order valence-electron chi connectivity index (χ0n) is 29.6. The van der Waals surface area contributed by atoms with Crippen molar-refractivity contribution in [2.45, 2.75) is 43.8 Å². The zero-order valence-corrected chi connectivity index (χ0v) is 30.4. The van der Waals surface area contributed by atoms with Crippen LogP contribution in [0.1, 0.15) is 50.1 Å². The number of thioether (sulfide) groups is 1. The Labute approximate surface area is 307 Å². The van der Waals surface area contributed by atoms with Crippen molar-refractivity contribution in [2.75, 3.05) is 9.80 Å². The Morgan fingerprint density at radius 2 is 0.667 bits per heavy atom. The van der Waals surface area contributed by atoms with Gasteiger partial charge in [0.25, 0.3) is 0 Å². The quantitative estimate of drug-likeness (QED) is 0.158. The lowest BCUT2D eigenvalue weighted by molar-refractivity contribution is 0.797. The first-order valence-electron chi connectivity index (χ1n) is 17.7. The standard InChI is InChI=1S/C48H42N2S/c1-33-9-21-39(22-10-33)49(40-23-11-34(2)12-24-40)43-29-17-37(18-30-43)47-45-7-5-6-8-46(45)51-48(47)38-19-31-44(32-20-38)50(41-25-13-35(3)14-26-41)42-27-15-36(4)16-28-42/h5-32,47-48H,1-4H3. The molecule has 0 aliphatic carbocycles. The van der Waals surface area contributed by atoms with Crippen molar-refractivity contribution in [3.63, 3.8) is 0 Å². The number of aryl methyl sites for hydroxylation is 4. The molecule has 1 heterocycles. The average Bonchev–Trinajstić information content (AvgIpc) is 3.55. The Morgan fingerprint density at radius 3 is 1.04 bits per heavy atom. The summed E-state index contributed by atoms with van der Waals surface area (Å²) >= 11 is 1.99. The lowest BCUT2D eigenvalue weighted by atomic mass is 9.85. The summed E-state index contributed by atoms with van der Waals surface area (Å²) in [6.45, 7) is 8.56. The van der Waals surface area contributed by atoms with Gasteiger partial charge in [0.2, 0.25) is 0 Å². The second-order valence-electron chi connectivity index (χ2n) is 13.8. The van der Waals surface area contributed by atoms with Gasteiger partial charge < -0.3 is 9.80 Å². The lowest BCUT2D eigenvalue weighted by Crippen LogP contribution is -2.11. The Balaban J connectivity index is 1.14. The third kappa shape index (κ3) is 6.70. The lowest BCUT2D eigenvalue weighted by Gasteiger charge is -2.28. The molecule has 1 aliphatic rings. The third-order valence-electron chi connectivity index (χ3n) is 9.97. The molecule has 0 N–H and O–H groups in total. The van der Waals surface area contributed by atoms with E-state index >= 15 is 0 Å². The summed E-state index contributed by atoms with van der Waals surface area (Å²) in [6, 6.07) is 62.7. The second-order valence-corrected chi connectivity index (χ2v) is 14.9. The number of hydrogen-bond acceptors (Lipinski definition) is 3. The van der Waals surface area contributed by atoms with Crippen LogP contribution in [-0.2, 0) is 0 Å². The van der Waals surface area contributed by atoms with Crippen molar-refractivity contribution in [1.82, 2.24) is 0 Å². The first-order chi connectivity index (χ1) is 24.9. The van der Waals surface area contributed by atoms with Crippen LogP contribution in [0.25, 0.3) is 0 Å². The van der Waals surface area contributed by atoms with Crippen molar-refractivity contribution < 1.29 is 0 Å². The average molecular weight is 679 g/mol. The van der Waals surface area contributed by atoms with E-state index < -0.39 is 0 Å². The van der Waals surface area contributed by atoms with E-state index in [2.05, 4.69) is 207 Å². The second kappa shape index (κ2) is 14.0. The summed E-state index contributed by atoms with van der Waals surface area (Å²) in [4.78, 5) is 6.07. The van der Waals surface area contributed by atoms with Crippen LogP contribution < -0.4 is 9.80 Å². The van der Waals surface area contributed by atoms with Crippen LogP contribution in [-0.4, -0.2) is 0 Å². The van der Waals surface area contributed by atoms with Gasteiger partial charge in [-0.05, 0) is 123 Å². The van der Waals surface area contributed by atoms with Gasteiger partial charge in [-0.25, -0.2) is 0 Å². The predicted octanol–water partition coefficient (Wildman–Crippen LogP) is 13.8. The summed E-state index contributed by atoms with van der Waals surface area (Å²) < 4.78 is 0. The van der Waals surface area contributed by atoms with Crippen LogP contribution in [0, 0.1) is 27.7 Å². The molecule has 2 nitrogen and oxygen atoms in total. The molecule has 1 aliphatic heterocycles. The number of benzene rings is 7. The highest BCUT2D eigenvalue weighted by atomic mass is 32.2. The molecular formula is C48H42N2S. The minimum atomic E-state index is 0.239. The molecule has 0 aromatic heterocycles. The molecule has 250 valence electrons. The molecule has 3 heteroatoms. The third-order valence-corrected chi connectivity index (χ3v) is 11.4. The molecule has 0 spiro atoms. The van der Waals surface area contributed by atoms with Gasteiger partial charge in [-0.2, -0.15) is 0 Å². The van der Waals surface area contributed by atoms with Crippen molar-refractivity contribution in [3.8, 4) is 0 Å². The summed E-state index contributed by atoms with van der Waals surface area (Å²) in [5.41, 5.74) is 16.0. The highest BCUT2D eigenvalue weighted by Crippen LogP contribution is 2.57. The Bertz CT molecular complexity index is 2150. The van der Waals surface area contributed by atoms with Gasteiger partial charge in [-0.15, -0.1) is 11.8 Å². The maximum absolute atomic E-state index is 2.35. The van der Waals surface area contributed by atoms with Gasteiger partial charge in [-0.3, -0.25) is 0 Å². The summed E-state index contributed by atoms with van der Waals surface area (Å²) in [7, 11) is 0. The van der Waals surface area contributed by atoms with E-state index in [0.29, 0.717) is 0 Å². The molecule has 0 radical (unpaired) electrons. The normalized spacial score (nSPS) is 15.0. The number of nitrogens with zero attached hydrogens (tertiary/aromatic N) is 2. The van der Waals surface area contributed by atoms with E-state index in [9.17, 15) is 0 Å². The molecular weight excluding hydrogens is 637 g/mol. The molecule has 2 atom stereocenters. The van der Waals surface area contributed by atoms with E-state index in [1.54, 1.807) is 0 Å². The van der Waals surface area contributed by atoms with E-state index in [1.165, 1.54) is 43.8 Å². The molecule has 0 amide bonds. The van der Waals surface area contributed by atoms with Crippen LogP contribution in [0.15, 0.2) is 175 Å². The minimum Gasteiger partial charge on any atom is -0.311 e. The van der Waals surface area contributed by atoms with E-state index in [4.69, 9.17) is 0 Å². The van der Waals surface area contributed by atoms with Gasteiger partial charge in [-0.1, -0.05) is 113 Å². The Kier molecular flexibility index (Phi) is 8.98. The zero-order chi connectivity index (χ0) is 34.9. The number of hydrogen-bond donors (Lipinski definition) is 0. The molecule has 7 aromatic carbocycles. The molecule has 0 saturated carbocycles. The maximum Gasteiger partial charge on any atom is 0.0461 e. The highest BCUT2D eigenvalue weighted by molar-refractivity contribution is 8.00. The smallest absolute Gasteiger partial charge is 0.0461 e. The van der Waals surface area contributed by atoms with Crippen LogP contribution in [0.2, 0.25) is 0 Å². The SMILES string of the molecule is Cc1ccc(N(c2ccc(C)cc2)c2ccc(C3Sc4ccccc4C3c3ccc(N(c4ccc(C)cc4)c4ccc(C)cc4)cc3)cc2)cc1. The van der Waals surface area contributed by atoms with Gasteiger partial charge in [0.05, 0.1) is 0 Å². The molecule has 8 rings (SSSR count). The van der Waals surface area contributed by atoms with Crippen LogP contribution in [0.5, 0.6) is 0 Å². The Hall–Kier alpha value is -5.51. The molecule has 0 bridgehead atoms. The fraction of sp³-hybridized carbons (Fsp3) is 0.125. The molecule has 0 fully saturated rings. The van der Waals surface area contributed by atoms with Gasteiger partial charge in [0.15, 0.2) is 0 Å². The molecule has 0 saturated heterocycles. The summed E-state index contributed by atoms with van der Waals surface area (Å²) in [5.74, 6) is 0.239. The highest BCUT2D eigenvalue weighted by Gasteiger charge is 2.35. The fourth-order valence-corrected chi connectivity index (χ4v) is 8.64. The maximum atomic E-state index is 2.35. The molecule has 2 unspecified atom stereocenters. The molecule has 51 heavy (non-hydrogen) atoms. The summed E-state index contributed by atoms with van der Waals surface area (Å²) in [6.07, 6.45) is 0. The summed E-state index contributed by atoms with van der Waals surface area (Å²) in [5, 5.41) is 0.264. The van der Waals surface area contributed by atoms with Crippen LogP contribution in [0.3, 0.4) is 0 Å². The van der Waals surface area contributed by atoms with Crippen LogP contribution >= 0.6 is 11.8 Å². The number of anilines is 6. The topological polar surface area (TPSA) is 6.48 Å². The largest absolute Gasteiger partial charge is 0.311 e. The molecule has 7 aromatic rings. The first-order valence-corrected chi connectivity index (χ1v) is 18.6. The predicted molar refractivity (Wildman–Crippen MR) is 218 cm³/mol. The fourth-order valence-electron chi connectivity index (χ4n) is 7.14. The van der Waals surface area contributed by atoms with E-state index in [1.807, 2.05) is 11.8 Å². The van der Waals surface area contributed by atoms with Gasteiger partial charge >= 0.3 is 0 Å². The number of rotatable bonds is 8. The Morgan fingerprint density at radius 1 is 0.353 bits per heavy atom. The van der Waals surface area contributed by atoms with Crippen molar-refractivity contribution >= 4 is 45.9 Å². The van der Waals surface area contributed by atoms with Crippen molar-refractivity contribution in [3.05, 3.63) is 209 Å².